The zero-order valence-corrected chi connectivity index (χ0v) is 10.5. The average Bonchev–Trinajstić information content (AvgIpc) is 2.46. The van der Waals surface area contributed by atoms with Gasteiger partial charge in [-0.2, -0.15) is 5.26 Å². The zero-order chi connectivity index (χ0) is 14.4. The number of anilines is 1. The summed E-state index contributed by atoms with van der Waals surface area (Å²) in [5, 5.41) is 11.0. The van der Waals surface area contributed by atoms with Gasteiger partial charge in [-0.1, -0.05) is 30.3 Å². The van der Waals surface area contributed by atoms with Crippen LogP contribution >= 0.6 is 0 Å². The molecule has 1 N–H and O–H groups in total. The first-order valence-electron chi connectivity index (χ1n) is 5.86. The molecule has 0 saturated heterocycles. The predicted molar refractivity (Wildman–Crippen MR) is 71.4 cm³/mol. The summed E-state index contributed by atoms with van der Waals surface area (Å²) in [5.74, 6) is -0.687. The fourth-order valence-corrected chi connectivity index (χ4v) is 1.56. The lowest BCUT2D eigenvalue weighted by molar-refractivity contribution is 0.155. The first-order chi connectivity index (χ1) is 9.69. The number of rotatable bonds is 3. The highest BCUT2D eigenvalue weighted by molar-refractivity contribution is 5.84. The normalized spacial score (nSPS) is 9.60. The summed E-state index contributed by atoms with van der Waals surface area (Å²) >= 11 is 0. The maximum Gasteiger partial charge on any atom is 0.411 e. The third-order valence-corrected chi connectivity index (χ3v) is 2.55. The van der Waals surface area contributed by atoms with Crippen molar-refractivity contribution in [3.8, 4) is 6.07 Å². The van der Waals surface area contributed by atoms with E-state index in [1.165, 1.54) is 12.1 Å². The largest absolute Gasteiger partial charge is 0.444 e. The summed E-state index contributed by atoms with van der Waals surface area (Å²) < 4.78 is 18.3. The number of ether oxygens (including phenoxy) is 1. The van der Waals surface area contributed by atoms with Crippen LogP contribution in [0, 0.1) is 17.1 Å². The molecule has 0 spiro atoms. The van der Waals surface area contributed by atoms with Crippen molar-refractivity contribution in [2.45, 2.75) is 6.61 Å². The van der Waals surface area contributed by atoms with Crippen LogP contribution in [0.5, 0.6) is 0 Å². The third kappa shape index (κ3) is 3.56. The number of benzene rings is 2. The number of carbonyl (C=O) groups excluding carboxylic acids is 1. The van der Waals surface area contributed by atoms with Crippen LogP contribution in [0.15, 0.2) is 48.5 Å². The quantitative estimate of drug-likeness (QED) is 0.929. The minimum atomic E-state index is -0.687. The van der Waals surface area contributed by atoms with Crippen LogP contribution < -0.4 is 5.32 Å². The second-order valence-corrected chi connectivity index (χ2v) is 3.99. The number of hydrogen-bond donors (Lipinski definition) is 1. The number of carbonyl (C=O) groups is 1. The molecular formula is C15H11FN2O2. The highest BCUT2D eigenvalue weighted by Gasteiger charge is 2.07. The van der Waals surface area contributed by atoms with Gasteiger partial charge in [-0.05, 0) is 23.8 Å². The molecule has 4 nitrogen and oxygen atoms in total. The third-order valence-electron chi connectivity index (χ3n) is 2.55. The van der Waals surface area contributed by atoms with Crippen LogP contribution in [-0.4, -0.2) is 6.09 Å². The fourth-order valence-electron chi connectivity index (χ4n) is 1.56. The molecule has 0 unspecified atom stereocenters. The van der Waals surface area contributed by atoms with Gasteiger partial charge in [0.05, 0.1) is 5.56 Å². The molecule has 1 amide bonds. The highest BCUT2D eigenvalue weighted by atomic mass is 19.1. The molecule has 2 aromatic rings. The van der Waals surface area contributed by atoms with Crippen molar-refractivity contribution < 1.29 is 13.9 Å². The van der Waals surface area contributed by atoms with Crippen molar-refractivity contribution >= 4 is 11.8 Å². The average molecular weight is 270 g/mol. The molecule has 0 atom stereocenters. The molecule has 2 rings (SSSR count). The van der Waals surface area contributed by atoms with Crippen LogP contribution in [0.3, 0.4) is 0 Å². The van der Waals surface area contributed by atoms with Crippen LogP contribution in [-0.2, 0) is 11.3 Å². The summed E-state index contributed by atoms with van der Waals surface area (Å²) in [5.41, 5.74) is 1.02. The van der Waals surface area contributed by atoms with Gasteiger partial charge < -0.3 is 4.74 Å². The minimum absolute atomic E-state index is 0.0757. The maximum atomic E-state index is 13.3. The van der Waals surface area contributed by atoms with Crippen molar-refractivity contribution in [3.63, 3.8) is 0 Å². The zero-order valence-electron chi connectivity index (χ0n) is 10.5. The monoisotopic (exact) mass is 270 g/mol. The number of nitrogens with zero attached hydrogens (tertiary/aromatic N) is 1. The Hall–Kier alpha value is -2.87. The van der Waals surface area contributed by atoms with Crippen molar-refractivity contribution in [2.75, 3.05) is 5.32 Å². The van der Waals surface area contributed by atoms with Crippen molar-refractivity contribution in [2.24, 2.45) is 0 Å². The van der Waals surface area contributed by atoms with Crippen molar-refractivity contribution in [1.82, 2.24) is 0 Å². The van der Waals surface area contributed by atoms with E-state index in [-0.39, 0.29) is 17.9 Å². The number of hydrogen-bond acceptors (Lipinski definition) is 3. The molecule has 0 fully saturated rings. The second-order valence-electron chi connectivity index (χ2n) is 3.99. The second kappa shape index (κ2) is 6.34. The first kappa shape index (κ1) is 13.6. The Kier molecular flexibility index (Phi) is 4.30. The number of amides is 1. The van der Waals surface area contributed by atoms with Gasteiger partial charge in [0.25, 0.3) is 0 Å². The van der Waals surface area contributed by atoms with Crippen LogP contribution in [0.1, 0.15) is 11.1 Å². The molecule has 0 radical (unpaired) electrons. The van der Waals surface area contributed by atoms with E-state index in [0.29, 0.717) is 0 Å². The summed E-state index contributed by atoms with van der Waals surface area (Å²) in [7, 11) is 0. The number of nitriles is 1. The Labute approximate surface area is 115 Å². The van der Waals surface area contributed by atoms with E-state index in [9.17, 15) is 9.18 Å². The topological polar surface area (TPSA) is 62.1 Å². The van der Waals surface area contributed by atoms with E-state index >= 15 is 0 Å². The Bertz CT molecular complexity index is 651. The molecule has 0 heterocycles. The SMILES string of the molecule is N#Cc1ccc(NC(=O)OCc2ccccc2)cc1F. The van der Waals surface area contributed by atoms with E-state index < -0.39 is 11.9 Å². The summed E-state index contributed by atoms with van der Waals surface area (Å²) in [6.07, 6.45) is -0.682. The molecule has 0 saturated carbocycles. The predicted octanol–water partition coefficient (Wildman–Crippen LogP) is 3.45. The summed E-state index contributed by atoms with van der Waals surface area (Å²) in [6.45, 7) is 0.130. The van der Waals surface area contributed by atoms with Gasteiger partial charge in [-0.15, -0.1) is 0 Å². The molecule has 20 heavy (non-hydrogen) atoms. The Balaban J connectivity index is 1.92. The smallest absolute Gasteiger partial charge is 0.411 e. The lowest BCUT2D eigenvalue weighted by atomic mass is 10.2. The van der Waals surface area contributed by atoms with E-state index in [2.05, 4.69) is 5.32 Å². The lowest BCUT2D eigenvalue weighted by Gasteiger charge is -2.07. The van der Waals surface area contributed by atoms with E-state index in [1.54, 1.807) is 6.07 Å². The molecular weight excluding hydrogens is 259 g/mol. The fraction of sp³-hybridized carbons (Fsp3) is 0.0667. The Morgan fingerprint density at radius 1 is 1.25 bits per heavy atom. The van der Waals surface area contributed by atoms with Gasteiger partial charge >= 0.3 is 6.09 Å². The molecule has 0 aliphatic carbocycles. The van der Waals surface area contributed by atoms with Crippen LogP contribution in [0.2, 0.25) is 0 Å². The van der Waals surface area contributed by atoms with Crippen molar-refractivity contribution in [3.05, 3.63) is 65.5 Å². The van der Waals surface area contributed by atoms with Gasteiger partial charge in [0.15, 0.2) is 0 Å². The van der Waals surface area contributed by atoms with Crippen LogP contribution in [0.25, 0.3) is 0 Å². The molecule has 0 bridgehead atoms. The van der Waals surface area contributed by atoms with E-state index in [0.717, 1.165) is 11.6 Å². The molecule has 0 aliphatic heterocycles. The molecule has 5 heteroatoms. The van der Waals surface area contributed by atoms with Gasteiger partial charge in [-0.25, -0.2) is 9.18 Å². The molecule has 0 aromatic heterocycles. The van der Waals surface area contributed by atoms with Crippen LogP contribution in [0.4, 0.5) is 14.9 Å². The summed E-state index contributed by atoms with van der Waals surface area (Å²) in [6, 6.07) is 14.7. The van der Waals surface area contributed by atoms with Gasteiger partial charge in [0.1, 0.15) is 18.5 Å². The Morgan fingerprint density at radius 2 is 2.00 bits per heavy atom. The summed E-state index contributed by atoms with van der Waals surface area (Å²) in [4.78, 5) is 11.5. The van der Waals surface area contributed by atoms with Crippen molar-refractivity contribution in [1.29, 1.82) is 5.26 Å². The molecule has 2 aromatic carbocycles. The molecule has 100 valence electrons. The maximum absolute atomic E-state index is 13.3. The number of nitrogens with one attached hydrogen (secondary N) is 1. The van der Waals surface area contributed by atoms with Gasteiger partial charge in [-0.3, -0.25) is 5.32 Å². The Morgan fingerprint density at radius 3 is 2.65 bits per heavy atom. The van der Waals surface area contributed by atoms with Gasteiger partial charge in [0, 0.05) is 5.69 Å². The van der Waals surface area contributed by atoms with Gasteiger partial charge in [0.2, 0.25) is 0 Å². The van der Waals surface area contributed by atoms with E-state index in [4.69, 9.17) is 10.00 Å². The molecule has 0 aliphatic rings. The minimum Gasteiger partial charge on any atom is -0.444 e. The lowest BCUT2D eigenvalue weighted by Crippen LogP contribution is -2.13. The van der Waals surface area contributed by atoms with E-state index in [1.807, 2.05) is 30.3 Å². The highest BCUT2D eigenvalue weighted by Crippen LogP contribution is 2.14. The first-order valence-corrected chi connectivity index (χ1v) is 5.86. The standard InChI is InChI=1S/C15H11FN2O2/c16-14-8-13(7-6-12(14)9-17)18-15(19)20-10-11-4-2-1-3-5-11/h1-8H,10H2,(H,18,19). The number of halogens is 1.